The van der Waals surface area contributed by atoms with Gasteiger partial charge in [-0.2, -0.15) is 4.80 Å². The van der Waals surface area contributed by atoms with Crippen LogP contribution in [0.2, 0.25) is 0 Å². The summed E-state index contributed by atoms with van der Waals surface area (Å²) in [5, 5.41) is 21.9. The number of aliphatic hydroxyl groups excluding tert-OH is 1. The van der Waals surface area contributed by atoms with Crippen LogP contribution in [-0.4, -0.2) is 56.3 Å². The smallest absolute Gasteiger partial charge is 0.219 e. The number of benzene rings is 1. The van der Waals surface area contributed by atoms with Crippen LogP contribution in [0.1, 0.15) is 30.8 Å². The van der Waals surface area contributed by atoms with E-state index in [4.69, 9.17) is 4.74 Å². The van der Waals surface area contributed by atoms with E-state index >= 15 is 0 Å². The van der Waals surface area contributed by atoms with Gasteiger partial charge in [0.1, 0.15) is 5.75 Å². The molecule has 0 radical (unpaired) electrons. The van der Waals surface area contributed by atoms with Crippen molar-refractivity contribution >= 4 is 5.91 Å². The van der Waals surface area contributed by atoms with Gasteiger partial charge in [-0.15, -0.1) is 10.2 Å². The van der Waals surface area contributed by atoms with Crippen LogP contribution in [0.3, 0.4) is 0 Å². The molecule has 8 heteroatoms. The predicted octanol–water partition coefficient (Wildman–Crippen LogP) is 0.962. The van der Waals surface area contributed by atoms with Crippen molar-refractivity contribution < 1.29 is 14.6 Å². The lowest BCUT2D eigenvalue weighted by molar-refractivity contribution is -0.128. The van der Waals surface area contributed by atoms with Crippen molar-refractivity contribution in [1.29, 1.82) is 0 Å². The molecule has 0 unspecified atom stereocenters. The number of hydrogen-bond donors (Lipinski definition) is 1. The van der Waals surface area contributed by atoms with E-state index in [9.17, 15) is 9.90 Å². The molecule has 1 heterocycles. The number of carbonyl (C=O) groups is 1. The molecule has 1 amide bonds. The Hall–Kier alpha value is -2.48. The number of likely N-dealkylation sites (N-methyl/N-ethyl adjacent to an activating group) is 1. The normalized spacial score (nSPS) is 12.0. The summed E-state index contributed by atoms with van der Waals surface area (Å²) in [6.45, 7) is 4.72. The number of hydrogen-bond acceptors (Lipinski definition) is 6. The molecule has 1 aromatic carbocycles. The standard InChI is InChI=1S/C16H23N5O3/c1-12-17-19-21(18-12)9-4-10-24-15-7-5-14(6-8-15)16(23)11-20(3)13(2)22/h5-8,16,23H,4,9-11H2,1-3H3/t16-/m0/s1. The van der Waals surface area contributed by atoms with Gasteiger partial charge in [0.2, 0.25) is 5.91 Å². The zero-order valence-electron chi connectivity index (χ0n) is 14.2. The second-order valence-corrected chi connectivity index (χ2v) is 5.62. The van der Waals surface area contributed by atoms with E-state index in [0.717, 1.165) is 17.7 Å². The topological polar surface area (TPSA) is 93.4 Å². The molecule has 130 valence electrons. The molecule has 0 aliphatic heterocycles. The molecular formula is C16H23N5O3. The van der Waals surface area contributed by atoms with Crippen molar-refractivity contribution in [2.45, 2.75) is 32.9 Å². The van der Waals surface area contributed by atoms with Crippen molar-refractivity contribution in [3.05, 3.63) is 35.7 Å². The number of aryl methyl sites for hydroxylation is 2. The van der Waals surface area contributed by atoms with Gasteiger partial charge in [0, 0.05) is 20.4 Å². The Kier molecular flexibility index (Phi) is 6.25. The Morgan fingerprint density at radius 2 is 2.08 bits per heavy atom. The molecule has 1 N–H and O–H groups in total. The molecule has 2 rings (SSSR count). The average Bonchev–Trinajstić information content (AvgIpc) is 2.97. The second-order valence-electron chi connectivity index (χ2n) is 5.62. The zero-order chi connectivity index (χ0) is 17.5. The van der Waals surface area contributed by atoms with Crippen LogP contribution in [-0.2, 0) is 11.3 Å². The first-order valence-corrected chi connectivity index (χ1v) is 7.82. The Morgan fingerprint density at radius 1 is 1.38 bits per heavy atom. The summed E-state index contributed by atoms with van der Waals surface area (Å²) in [6, 6.07) is 7.22. The minimum atomic E-state index is -0.713. The second kappa shape index (κ2) is 8.39. The van der Waals surface area contributed by atoms with Gasteiger partial charge in [0.15, 0.2) is 5.82 Å². The number of ether oxygens (including phenoxy) is 1. The molecule has 8 nitrogen and oxygen atoms in total. The molecule has 0 saturated carbocycles. The van der Waals surface area contributed by atoms with Crippen LogP contribution >= 0.6 is 0 Å². The largest absolute Gasteiger partial charge is 0.494 e. The average molecular weight is 333 g/mol. The number of rotatable bonds is 8. The van der Waals surface area contributed by atoms with Crippen LogP contribution in [0.5, 0.6) is 5.75 Å². The van der Waals surface area contributed by atoms with E-state index in [-0.39, 0.29) is 12.5 Å². The van der Waals surface area contributed by atoms with Gasteiger partial charge in [0.05, 0.1) is 25.8 Å². The van der Waals surface area contributed by atoms with Crippen LogP contribution in [0.4, 0.5) is 0 Å². The molecule has 1 atom stereocenters. The Balaban J connectivity index is 1.76. The SMILES string of the molecule is CC(=O)N(C)C[C@H](O)c1ccc(OCCCn2nnc(C)n2)cc1. The van der Waals surface area contributed by atoms with Gasteiger partial charge >= 0.3 is 0 Å². The van der Waals surface area contributed by atoms with E-state index in [1.165, 1.54) is 11.8 Å². The van der Waals surface area contributed by atoms with E-state index in [2.05, 4.69) is 15.4 Å². The zero-order valence-corrected chi connectivity index (χ0v) is 14.2. The van der Waals surface area contributed by atoms with Crippen molar-refractivity contribution in [2.24, 2.45) is 0 Å². The summed E-state index contributed by atoms with van der Waals surface area (Å²) in [5.74, 6) is 1.31. The Labute approximate surface area is 141 Å². The van der Waals surface area contributed by atoms with Gasteiger partial charge in [-0.05, 0) is 29.8 Å². The molecule has 24 heavy (non-hydrogen) atoms. The van der Waals surface area contributed by atoms with Crippen LogP contribution in [0, 0.1) is 6.92 Å². The summed E-state index contributed by atoms with van der Waals surface area (Å²) in [5.41, 5.74) is 0.748. The fourth-order valence-electron chi connectivity index (χ4n) is 2.09. The third-order valence-electron chi connectivity index (χ3n) is 3.57. The minimum Gasteiger partial charge on any atom is -0.494 e. The van der Waals surface area contributed by atoms with Crippen molar-refractivity contribution in [2.75, 3.05) is 20.2 Å². The van der Waals surface area contributed by atoms with E-state index < -0.39 is 6.10 Å². The third-order valence-corrected chi connectivity index (χ3v) is 3.57. The van der Waals surface area contributed by atoms with Gasteiger partial charge in [-0.25, -0.2) is 0 Å². The Bertz CT molecular complexity index is 656. The van der Waals surface area contributed by atoms with E-state index in [1.54, 1.807) is 30.9 Å². The van der Waals surface area contributed by atoms with Gasteiger partial charge in [-0.3, -0.25) is 4.79 Å². The lowest BCUT2D eigenvalue weighted by atomic mass is 10.1. The first-order chi connectivity index (χ1) is 11.5. The first kappa shape index (κ1) is 17.9. The molecule has 2 aromatic rings. The molecule has 1 aromatic heterocycles. The van der Waals surface area contributed by atoms with Crippen molar-refractivity contribution in [3.63, 3.8) is 0 Å². The predicted molar refractivity (Wildman–Crippen MR) is 87.4 cm³/mol. The highest BCUT2D eigenvalue weighted by atomic mass is 16.5. The highest BCUT2D eigenvalue weighted by Crippen LogP contribution is 2.18. The fourth-order valence-corrected chi connectivity index (χ4v) is 2.09. The monoisotopic (exact) mass is 333 g/mol. The first-order valence-electron chi connectivity index (χ1n) is 7.82. The summed E-state index contributed by atoms with van der Waals surface area (Å²) in [7, 11) is 1.66. The van der Waals surface area contributed by atoms with Crippen molar-refractivity contribution in [1.82, 2.24) is 25.1 Å². The lowest BCUT2D eigenvalue weighted by Crippen LogP contribution is -2.28. The van der Waals surface area contributed by atoms with E-state index in [1.807, 2.05) is 12.1 Å². The molecule has 0 spiro atoms. The molecular weight excluding hydrogens is 310 g/mol. The lowest BCUT2D eigenvalue weighted by Gasteiger charge is -2.19. The highest BCUT2D eigenvalue weighted by Gasteiger charge is 2.12. The maximum absolute atomic E-state index is 11.2. The van der Waals surface area contributed by atoms with Crippen molar-refractivity contribution in [3.8, 4) is 5.75 Å². The van der Waals surface area contributed by atoms with Crippen LogP contribution in [0.15, 0.2) is 24.3 Å². The van der Waals surface area contributed by atoms with Gasteiger partial charge in [0.25, 0.3) is 0 Å². The van der Waals surface area contributed by atoms with Gasteiger partial charge in [-0.1, -0.05) is 12.1 Å². The molecule has 0 aliphatic carbocycles. The number of aromatic nitrogens is 4. The van der Waals surface area contributed by atoms with Crippen LogP contribution in [0.25, 0.3) is 0 Å². The summed E-state index contributed by atoms with van der Waals surface area (Å²) in [6.07, 6.45) is 0.0541. The fraction of sp³-hybridized carbons (Fsp3) is 0.500. The number of aliphatic hydroxyl groups is 1. The molecule has 0 aliphatic rings. The maximum Gasteiger partial charge on any atom is 0.219 e. The highest BCUT2D eigenvalue weighted by molar-refractivity contribution is 5.72. The molecule has 0 saturated heterocycles. The maximum atomic E-state index is 11.2. The van der Waals surface area contributed by atoms with Crippen LogP contribution < -0.4 is 4.74 Å². The number of amides is 1. The minimum absolute atomic E-state index is 0.0777. The summed E-state index contributed by atoms with van der Waals surface area (Å²) >= 11 is 0. The number of carbonyl (C=O) groups excluding carboxylic acids is 1. The number of tetrazole rings is 1. The molecule has 0 bridgehead atoms. The number of nitrogens with zero attached hydrogens (tertiary/aromatic N) is 5. The summed E-state index contributed by atoms with van der Waals surface area (Å²) in [4.78, 5) is 14.2. The quantitative estimate of drug-likeness (QED) is 0.723. The Morgan fingerprint density at radius 3 is 2.67 bits per heavy atom. The third kappa shape index (κ3) is 5.31. The van der Waals surface area contributed by atoms with Gasteiger partial charge < -0.3 is 14.7 Å². The summed E-state index contributed by atoms with van der Waals surface area (Å²) < 4.78 is 5.65. The van der Waals surface area contributed by atoms with E-state index in [0.29, 0.717) is 19.0 Å². The molecule has 0 fully saturated rings.